The lowest BCUT2D eigenvalue weighted by atomic mass is 10.1. The van der Waals surface area contributed by atoms with E-state index in [1.165, 1.54) is 12.1 Å². The molecule has 0 saturated heterocycles. The lowest BCUT2D eigenvalue weighted by Crippen LogP contribution is -2.10. The number of hydrogen-bond acceptors (Lipinski definition) is 6. The molecule has 5 aromatic rings. The summed E-state index contributed by atoms with van der Waals surface area (Å²) in [4.78, 5) is 20.7. The molecule has 0 atom stereocenters. The summed E-state index contributed by atoms with van der Waals surface area (Å²) in [5, 5.41) is 18.3. The highest BCUT2D eigenvalue weighted by molar-refractivity contribution is 5.92. The molecule has 0 aliphatic carbocycles. The quantitative estimate of drug-likeness (QED) is 0.247. The molecule has 3 aromatic carbocycles. The predicted molar refractivity (Wildman–Crippen MR) is 146 cm³/mol. The van der Waals surface area contributed by atoms with Crippen LogP contribution in [0.1, 0.15) is 32.9 Å². The van der Waals surface area contributed by atoms with Crippen LogP contribution in [0.5, 0.6) is 5.88 Å². The number of nitrogens with zero attached hydrogens (tertiary/aromatic N) is 4. The van der Waals surface area contributed by atoms with Crippen LogP contribution in [0.25, 0.3) is 22.3 Å². The van der Waals surface area contributed by atoms with Crippen molar-refractivity contribution >= 4 is 17.0 Å². The first kappa shape index (κ1) is 26.5. The van der Waals surface area contributed by atoms with E-state index in [9.17, 15) is 9.90 Å². The van der Waals surface area contributed by atoms with Crippen LogP contribution in [0.4, 0.5) is 4.39 Å². The number of methoxy groups -OCH3 is 1. The summed E-state index contributed by atoms with van der Waals surface area (Å²) in [5.41, 5.74) is 4.54. The van der Waals surface area contributed by atoms with Gasteiger partial charge in [-0.2, -0.15) is 5.26 Å². The van der Waals surface area contributed by atoms with Gasteiger partial charge in [-0.3, -0.25) is 0 Å². The summed E-state index contributed by atoms with van der Waals surface area (Å²) >= 11 is 0. The van der Waals surface area contributed by atoms with Gasteiger partial charge >= 0.3 is 5.97 Å². The van der Waals surface area contributed by atoms with Crippen LogP contribution in [0, 0.1) is 17.1 Å². The van der Waals surface area contributed by atoms with Gasteiger partial charge in [0.1, 0.15) is 18.2 Å². The maximum absolute atomic E-state index is 15.3. The number of carboxylic acid groups (broad SMARTS) is 1. The number of nitriles is 1. The highest BCUT2D eigenvalue weighted by Gasteiger charge is 2.16. The van der Waals surface area contributed by atoms with Gasteiger partial charge < -0.3 is 19.1 Å². The van der Waals surface area contributed by atoms with Gasteiger partial charge in [0.2, 0.25) is 5.88 Å². The molecule has 2 heterocycles. The van der Waals surface area contributed by atoms with E-state index in [4.69, 9.17) is 14.7 Å². The summed E-state index contributed by atoms with van der Waals surface area (Å²) < 4.78 is 28.3. The number of carbonyl (C=O) groups is 1. The molecule has 0 saturated carbocycles. The predicted octanol–water partition coefficient (Wildman–Crippen LogP) is 5.62. The van der Waals surface area contributed by atoms with Crippen LogP contribution in [-0.2, 0) is 24.3 Å². The largest absolute Gasteiger partial charge is 0.478 e. The van der Waals surface area contributed by atoms with Gasteiger partial charge in [-0.1, -0.05) is 30.3 Å². The molecule has 0 unspecified atom stereocenters. The number of carboxylic acids is 1. The summed E-state index contributed by atoms with van der Waals surface area (Å²) in [6.07, 6.45) is 0.216. The summed E-state index contributed by atoms with van der Waals surface area (Å²) in [5.74, 6) is -0.418. The van der Waals surface area contributed by atoms with Gasteiger partial charge in [-0.05, 0) is 53.6 Å². The zero-order chi connectivity index (χ0) is 28.1. The molecule has 0 spiro atoms. The fourth-order valence-electron chi connectivity index (χ4n) is 4.38. The van der Waals surface area contributed by atoms with Crippen molar-refractivity contribution in [3.05, 3.63) is 113 Å². The number of imidazole rings is 1. The molecule has 0 fully saturated rings. The second-order valence-electron chi connectivity index (χ2n) is 9.12. The zero-order valence-corrected chi connectivity index (χ0v) is 21.7. The van der Waals surface area contributed by atoms with Crippen molar-refractivity contribution in [2.45, 2.75) is 19.6 Å². The number of hydrogen-bond donors (Lipinski definition) is 1. The van der Waals surface area contributed by atoms with E-state index in [-0.39, 0.29) is 18.6 Å². The highest BCUT2D eigenvalue weighted by Crippen LogP contribution is 2.26. The van der Waals surface area contributed by atoms with Crippen molar-refractivity contribution in [2.24, 2.45) is 0 Å². The Kier molecular flexibility index (Phi) is 7.80. The molecule has 8 nitrogen and oxygen atoms in total. The first-order chi connectivity index (χ1) is 19.4. The lowest BCUT2D eigenvalue weighted by molar-refractivity contribution is 0.0697. The number of aromatic nitrogens is 3. The van der Waals surface area contributed by atoms with Crippen molar-refractivity contribution < 1.29 is 23.8 Å². The van der Waals surface area contributed by atoms with Gasteiger partial charge in [0.05, 0.1) is 40.5 Å². The molecular formula is C31H25FN4O4. The smallest absolute Gasteiger partial charge is 0.335 e. The van der Waals surface area contributed by atoms with Gasteiger partial charge in [-0.15, -0.1) is 0 Å². The minimum Gasteiger partial charge on any atom is -0.478 e. The van der Waals surface area contributed by atoms with Crippen LogP contribution in [0.15, 0.2) is 78.9 Å². The van der Waals surface area contributed by atoms with Crippen molar-refractivity contribution in [1.29, 1.82) is 5.26 Å². The maximum Gasteiger partial charge on any atom is 0.335 e. The third kappa shape index (κ3) is 5.82. The first-order valence-corrected chi connectivity index (χ1v) is 12.5. The summed E-state index contributed by atoms with van der Waals surface area (Å²) in [6.45, 7) is 1.13. The van der Waals surface area contributed by atoms with Crippen molar-refractivity contribution in [3.63, 3.8) is 0 Å². The molecule has 0 amide bonds. The van der Waals surface area contributed by atoms with E-state index in [0.29, 0.717) is 58.3 Å². The zero-order valence-electron chi connectivity index (χ0n) is 21.7. The van der Waals surface area contributed by atoms with Crippen LogP contribution in [0.3, 0.4) is 0 Å². The second kappa shape index (κ2) is 11.8. The average molecular weight is 537 g/mol. The molecule has 1 N–H and O–H groups in total. The molecule has 0 aliphatic heterocycles. The fraction of sp³-hybridized carbons (Fsp3) is 0.161. The number of ether oxygens (including phenoxy) is 2. The Balaban J connectivity index is 1.36. The lowest BCUT2D eigenvalue weighted by Gasteiger charge is -2.11. The third-order valence-electron chi connectivity index (χ3n) is 6.48. The highest BCUT2D eigenvalue weighted by atomic mass is 19.1. The molecular weight excluding hydrogens is 511 g/mol. The number of halogens is 1. The first-order valence-electron chi connectivity index (χ1n) is 12.5. The van der Waals surface area contributed by atoms with Gasteiger partial charge in [-0.25, -0.2) is 19.2 Å². The minimum absolute atomic E-state index is 0.156. The molecule has 2 aromatic heterocycles. The molecule has 200 valence electrons. The van der Waals surface area contributed by atoms with Crippen LogP contribution in [0.2, 0.25) is 0 Å². The molecule has 0 bridgehead atoms. The Labute approximate surface area is 229 Å². The molecule has 0 radical (unpaired) electrons. The Bertz CT molecular complexity index is 1720. The van der Waals surface area contributed by atoms with E-state index < -0.39 is 11.8 Å². The Hall–Kier alpha value is -5.07. The number of pyridine rings is 1. The SMILES string of the molecule is COCCn1c(Cc2ccc(-c3cccc(OCc4ccc(C#N)cc4)n3)cc2F)nc2ccc(C(=O)O)cc21. The second-order valence-corrected chi connectivity index (χ2v) is 9.12. The standard InChI is InChI=1S/C31H25FN4O4/c1-39-14-13-36-28-16-24(31(37)38)11-12-27(28)34-29(36)17-22-9-10-23(15-25(22)32)26-3-2-4-30(35-26)40-19-21-7-5-20(18-33)6-8-21/h2-12,15-16H,13-14,17,19H2,1H3,(H,37,38). The molecule has 9 heteroatoms. The third-order valence-corrected chi connectivity index (χ3v) is 6.48. The Morgan fingerprint density at radius 1 is 1.05 bits per heavy atom. The van der Waals surface area contributed by atoms with Crippen molar-refractivity contribution in [2.75, 3.05) is 13.7 Å². The molecule has 40 heavy (non-hydrogen) atoms. The molecule has 0 aliphatic rings. The van der Waals surface area contributed by atoms with Crippen molar-refractivity contribution in [3.8, 4) is 23.2 Å². The van der Waals surface area contributed by atoms with E-state index in [0.717, 1.165) is 5.56 Å². The van der Waals surface area contributed by atoms with E-state index in [2.05, 4.69) is 16.0 Å². The number of fused-ring (bicyclic) bond motifs is 1. The van der Waals surface area contributed by atoms with Crippen LogP contribution < -0.4 is 4.74 Å². The van der Waals surface area contributed by atoms with Crippen molar-refractivity contribution in [1.82, 2.24) is 14.5 Å². The van der Waals surface area contributed by atoms with Crippen LogP contribution in [-0.4, -0.2) is 39.3 Å². The van der Waals surface area contributed by atoms with Crippen LogP contribution >= 0.6 is 0 Å². The van der Waals surface area contributed by atoms with E-state index >= 15 is 4.39 Å². The monoisotopic (exact) mass is 536 g/mol. The number of benzene rings is 3. The summed E-state index contributed by atoms with van der Waals surface area (Å²) in [7, 11) is 1.58. The normalized spacial score (nSPS) is 10.9. The number of aromatic carboxylic acids is 1. The Morgan fingerprint density at radius 3 is 2.60 bits per heavy atom. The Morgan fingerprint density at radius 2 is 1.88 bits per heavy atom. The van der Waals surface area contributed by atoms with Gasteiger partial charge in [0.15, 0.2) is 0 Å². The molecule has 5 rings (SSSR count). The van der Waals surface area contributed by atoms with E-state index in [1.54, 1.807) is 61.7 Å². The minimum atomic E-state index is -1.03. The van der Waals surface area contributed by atoms with Gasteiger partial charge in [0, 0.05) is 31.7 Å². The average Bonchev–Trinajstić information content (AvgIpc) is 3.32. The van der Waals surface area contributed by atoms with E-state index in [1.807, 2.05) is 16.7 Å². The fourth-order valence-corrected chi connectivity index (χ4v) is 4.38. The summed E-state index contributed by atoms with van der Waals surface area (Å²) in [6, 6.07) is 24.2. The number of rotatable bonds is 10. The van der Waals surface area contributed by atoms with Gasteiger partial charge in [0.25, 0.3) is 0 Å². The maximum atomic E-state index is 15.3. The topological polar surface area (TPSA) is 110 Å².